The quantitative estimate of drug-likeness (QED) is 0.931. The summed E-state index contributed by atoms with van der Waals surface area (Å²) in [6.45, 7) is -0.0634. The minimum atomic E-state index is -0.332. The van der Waals surface area contributed by atoms with Gasteiger partial charge in [-0.15, -0.1) is 0 Å². The summed E-state index contributed by atoms with van der Waals surface area (Å²) < 4.78 is 7.16. The first-order valence-corrected chi connectivity index (χ1v) is 6.68. The first kappa shape index (κ1) is 14.3. The molecule has 2 rings (SSSR count). The minimum Gasteiger partial charge on any atom is -0.491 e. The van der Waals surface area contributed by atoms with E-state index in [1.54, 1.807) is 30.5 Å². The average molecular weight is 337 g/mol. The van der Waals surface area contributed by atoms with Crippen LogP contribution in [-0.2, 0) is 11.3 Å². The van der Waals surface area contributed by atoms with Crippen molar-refractivity contribution in [3.05, 3.63) is 57.4 Å². The molecule has 0 atom stereocenters. The van der Waals surface area contributed by atoms with Gasteiger partial charge in [0.2, 0.25) is 5.91 Å². The fourth-order valence-corrected chi connectivity index (χ4v) is 1.95. The average Bonchev–Trinajstić information content (AvgIpc) is 2.44. The number of rotatable bonds is 4. The van der Waals surface area contributed by atoms with Crippen LogP contribution in [0.1, 0.15) is 0 Å². The number of aromatic nitrogens is 1. The number of ether oxygens (including phenoxy) is 1. The number of nitrogens with one attached hydrogen (secondary N) is 1. The van der Waals surface area contributed by atoms with Crippen LogP contribution < -0.4 is 15.6 Å². The van der Waals surface area contributed by atoms with E-state index in [1.165, 1.54) is 11.7 Å². The number of nitrogens with zero attached hydrogens (tertiary/aromatic N) is 1. The molecular formula is C14H13BrN2O3. The molecule has 2 aromatic rings. The van der Waals surface area contributed by atoms with Crippen LogP contribution in [0, 0.1) is 0 Å². The Labute approximate surface area is 124 Å². The van der Waals surface area contributed by atoms with Crippen LogP contribution in [0.25, 0.3) is 0 Å². The van der Waals surface area contributed by atoms with Gasteiger partial charge in [0, 0.05) is 16.4 Å². The Bertz CT molecular complexity index is 665. The van der Waals surface area contributed by atoms with Gasteiger partial charge in [0.15, 0.2) is 5.75 Å². The number of halogens is 1. The fraction of sp³-hybridized carbons (Fsp3) is 0.143. The number of carbonyl (C=O) groups is 1. The molecule has 0 radical (unpaired) electrons. The van der Waals surface area contributed by atoms with E-state index in [2.05, 4.69) is 21.2 Å². The van der Waals surface area contributed by atoms with Gasteiger partial charge in [-0.3, -0.25) is 9.59 Å². The van der Waals surface area contributed by atoms with Crippen molar-refractivity contribution in [2.75, 3.05) is 12.4 Å². The van der Waals surface area contributed by atoms with Crippen molar-refractivity contribution >= 4 is 27.5 Å². The van der Waals surface area contributed by atoms with Crippen LogP contribution in [0.3, 0.4) is 0 Å². The molecule has 1 aromatic heterocycles. The molecule has 0 fully saturated rings. The number of anilines is 1. The molecule has 104 valence electrons. The molecule has 0 bridgehead atoms. The number of hydrogen-bond donors (Lipinski definition) is 1. The van der Waals surface area contributed by atoms with Crippen molar-refractivity contribution in [1.29, 1.82) is 0 Å². The molecule has 0 saturated carbocycles. The molecule has 0 saturated heterocycles. The van der Waals surface area contributed by atoms with Gasteiger partial charge in [0.25, 0.3) is 5.56 Å². The van der Waals surface area contributed by atoms with Crippen molar-refractivity contribution in [3.8, 4) is 5.75 Å². The molecule has 1 N–H and O–H groups in total. The molecule has 0 spiro atoms. The summed E-state index contributed by atoms with van der Waals surface area (Å²) in [5, 5.41) is 2.72. The van der Waals surface area contributed by atoms with Gasteiger partial charge in [-0.1, -0.05) is 15.9 Å². The third-order valence-corrected chi connectivity index (χ3v) is 3.18. The lowest BCUT2D eigenvalue weighted by atomic mass is 10.3. The lowest BCUT2D eigenvalue weighted by Gasteiger charge is -2.08. The zero-order valence-electron chi connectivity index (χ0n) is 10.8. The van der Waals surface area contributed by atoms with E-state index in [9.17, 15) is 9.59 Å². The van der Waals surface area contributed by atoms with Gasteiger partial charge >= 0.3 is 0 Å². The Morgan fingerprint density at radius 3 is 2.65 bits per heavy atom. The van der Waals surface area contributed by atoms with Crippen LogP contribution in [0.4, 0.5) is 5.69 Å². The number of methoxy groups -OCH3 is 1. The number of benzene rings is 1. The molecular weight excluding hydrogens is 324 g/mol. The van der Waals surface area contributed by atoms with Crippen molar-refractivity contribution in [3.63, 3.8) is 0 Å². The van der Waals surface area contributed by atoms with Gasteiger partial charge in [0.1, 0.15) is 6.54 Å². The standard InChI is InChI=1S/C14H13BrN2O3/c1-20-12-3-2-8-17(14(12)19)9-13(18)16-11-6-4-10(15)5-7-11/h2-8H,9H2,1H3,(H,16,18). The van der Waals surface area contributed by atoms with E-state index < -0.39 is 0 Å². The smallest absolute Gasteiger partial charge is 0.293 e. The monoisotopic (exact) mass is 336 g/mol. The van der Waals surface area contributed by atoms with Crippen molar-refractivity contribution in [2.45, 2.75) is 6.54 Å². The summed E-state index contributed by atoms with van der Waals surface area (Å²) in [5.74, 6) is -0.0633. The number of amides is 1. The molecule has 0 aliphatic heterocycles. The summed E-state index contributed by atoms with van der Waals surface area (Å²) in [5.41, 5.74) is 0.343. The maximum absolute atomic E-state index is 11.9. The largest absolute Gasteiger partial charge is 0.491 e. The van der Waals surface area contributed by atoms with E-state index in [4.69, 9.17) is 4.74 Å². The third kappa shape index (κ3) is 3.48. The van der Waals surface area contributed by atoms with E-state index in [0.717, 1.165) is 4.47 Å². The Morgan fingerprint density at radius 2 is 2.00 bits per heavy atom. The molecule has 20 heavy (non-hydrogen) atoms. The second-order valence-electron chi connectivity index (χ2n) is 4.06. The van der Waals surface area contributed by atoms with E-state index in [-0.39, 0.29) is 23.8 Å². The number of pyridine rings is 1. The zero-order valence-corrected chi connectivity index (χ0v) is 12.4. The molecule has 0 aliphatic rings. The van der Waals surface area contributed by atoms with E-state index >= 15 is 0 Å². The van der Waals surface area contributed by atoms with Crippen molar-refractivity contribution in [2.24, 2.45) is 0 Å². The highest BCUT2D eigenvalue weighted by atomic mass is 79.9. The maximum Gasteiger partial charge on any atom is 0.293 e. The summed E-state index contributed by atoms with van der Waals surface area (Å²) in [6.07, 6.45) is 1.55. The molecule has 0 aliphatic carbocycles. The van der Waals surface area contributed by atoms with E-state index in [0.29, 0.717) is 5.69 Å². The SMILES string of the molecule is COc1cccn(CC(=O)Nc2ccc(Br)cc2)c1=O. The zero-order chi connectivity index (χ0) is 14.5. The van der Waals surface area contributed by atoms with Crippen LogP contribution in [0.2, 0.25) is 0 Å². The molecule has 6 heteroatoms. The Hall–Kier alpha value is -2.08. The second kappa shape index (κ2) is 6.38. The predicted octanol–water partition coefficient (Wildman–Crippen LogP) is 2.26. The highest BCUT2D eigenvalue weighted by Gasteiger charge is 2.07. The van der Waals surface area contributed by atoms with Crippen LogP contribution in [0.5, 0.6) is 5.75 Å². The highest BCUT2D eigenvalue weighted by Crippen LogP contribution is 2.14. The summed E-state index contributed by atoms with van der Waals surface area (Å²) in [4.78, 5) is 23.8. The van der Waals surface area contributed by atoms with Crippen LogP contribution >= 0.6 is 15.9 Å². The maximum atomic E-state index is 11.9. The van der Waals surface area contributed by atoms with Gasteiger partial charge in [-0.2, -0.15) is 0 Å². The fourth-order valence-electron chi connectivity index (χ4n) is 1.68. The first-order chi connectivity index (χ1) is 9.60. The van der Waals surface area contributed by atoms with Crippen molar-refractivity contribution < 1.29 is 9.53 Å². The third-order valence-electron chi connectivity index (χ3n) is 2.65. The first-order valence-electron chi connectivity index (χ1n) is 5.89. The highest BCUT2D eigenvalue weighted by molar-refractivity contribution is 9.10. The molecule has 1 amide bonds. The summed E-state index contributed by atoms with van der Waals surface area (Å²) in [6, 6.07) is 10.4. The normalized spacial score (nSPS) is 10.1. The summed E-state index contributed by atoms with van der Waals surface area (Å²) >= 11 is 3.32. The van der Waals surface area contributed by atoms with Gasteiger partial charge < -0.3 is 14.6 Å². The van der Waals surface area contributed by atoms with Crippen molar-refractivity contribution in [1.82, 2.24) is 4.57 Å². The Balaban J connectivity index is 2.08. The summed E-state index contributed by atoms with van der Waals surface area (Å²) in [7, 11) is 1.42. The topological polar surface area (TPSA) is 60.3 Å². The lowest BCUT2D eigenvalue weighted by Crippen LogP contribution is -2.27. The number of hydrogen-bond acceptors (Lipinski definition) is 3. The van der Waals surface area contributed by atoms with Crippen LogP contribution in [-0.4, -0.2) is 17.6 Å². The molecule has 1 heterocycles. The van der Waals surface area contributed by atoms with E-state index in [1.807, 2.05) is 12.1 Å². The molecule has 1 aromatic carbocycles. The van der Waals surface area contributed by atoms with Gasteiger partial charge in [0.05, 0.1) is 7.11 Å². The Kier molecular flexibility index (Phi) is 4.57. The molecule has 0 unspecified atom stereocenters. The predicted molar refractivity (Wildman–Crippen MR) is 80.0 cm³/mol. The van der Waals surface area contributed by atoms with Gasteiger partial charge in [-0.05, 0) is 36.4 Å². The second-order valence-corrected chi connectivity index (χ2v) is 4.98. The minimum absolute atomic E-state index is 0.0634. The molecule has 5 nitrogen and oxygen atoms in total. The lowest BCUT2D eigenvalue weighted by molar-refractivity contribution is -0.116. The van der Waals surface area contributed by atoms with Gasteiger partial charge in [-0.25, -0.2) is 0 Å². The van der Waals surface area contributed by atoms with Crippen LogP contribution in [0.15, 0.2) is 51.9 Å². The number of carbonyl (C=O) groups excluding carboxylic acids is 1. The Morgan fingerprint density at radius 1 is 1.30 bits per heavy atom.